The van der Waals surface area contributed by atoms with Gasteiger partial charge in [-0.2, -0.15) is 0 Å². The van der Waals surface area contributed by atoms with Gasteiger partial charge < -0.3 is 4.74 Å². The average molecular weight is 234 g/mol. The van der Waals surface area contributed by atoms with Gasteiger partial charge in [-0.3, -0.25) is 0 Å². The normalized spacial score (nSPS) is 12.1. The van der Waals surface area contributed by atoms with Crippen molar-refractivity contribution in [2.24, 2.45) is 0 Å². The zero-order valence-electron chi connectivity index (χ0n) is 10.5. The van der Waals surface area contributed by atoms with Crippen LogP contribution in [0.15, 0.2) is 18.2 Å². The average Bonchev–Trinajstić information content (AvgIpc) is 2.55. The molecule has 2 aromatic rings. The van der Waals surface area contributed by atoms with Crippen LogP contribution in [-0.4, -0.2) is 7.11 Å². The van der Waals surface area contributed by atoms with Gasteiger partial charge in [0.1, 0.15) is 5.75 Å². The van der Waals surface area contributed by atoms with Crippen LogP contribution in [0.4, 0.5) is 0 Å². The number of fused-ring (bicyclic) bond motifs is 1. The quantitative estimate of drug-likeness (QED) is 0.705. The van der Waals surface area contributed by atoms with Crippen LogP contribution in [0.5, 0.6) is 5.75 Å². The van der Waals surface area contributed by atoms with Crippen molar-refractivity contribution < 1.29 is 4.74 Å². The van der Waals surface area contributed by atoms with Crippen LogP contribution in [0.2, 0.25) is 0 Å². The largest absolute Gasteiger partial charge is 0.496 e. The van der Waals surface area contributed by atoms with Gasteiger partial charge in [-0.1, -0.05) is 26.8 Å². The molecule has 0 fully saturated rings. The zero-order chi connectivity index (χ0) is 11.9. The summed E-state index contributed by atoms with van der Waals surface area (Å²) in [7, 11) is 1.73. The van der Waals surface area contributed by atoms with E-state index in [0.717, 1.165) is 5.75 Å². The Labute approximate surface area is 101 Å². The minimum atomic E-state index is 0.182. The van der Waals surface area contributed by atoms with E-state index in [4.69, 9.17) is 4.74 Å². The van der Waals surface area contributed by atoms with Crippen molar-refractivity contribution in [3.8, 4) is 5.75 Å². The molecule has 2 heteroatoms. The lowest BCUT2D eigenvalue weighted by atomic mass is 9.86. The summed E-state index contributed by atoms with van der Waals surface area (Å²) in [4.78, 5) is 1.34. The summed E-state index contributed by atoms with van der Waals surface area (Å²) in [5.74, 6) is 0.979. The molecule has 0 N–H and O–H groups in total. The molecule has 16 heavy (non-hydrogen) atoms. The molecular formula is C14H18OS. The van der Waals surface area contributed by atoms with Crippen LogP contribution in [0.3, 0.4) is 0 Å². The smallest absolute Gasteiger partial charge is 0.127 e. The van der Waals surface area contributed by atoms with E-state index in [-0.39, 0.29) is 5.41 Å². The fraction of sp³-hybridized carbons (Fsp3) is 0.429. The van der Waals surface area contributed by atoms with E-state index in [0.29, 0.717) is 0 Å². The van der Waals surface area contributed by atoms with Gasteiger partial charge in [-0.05, 0) is 30.0 Å². The summed E-state index contributed by atoms with van der Waals surface area (Å²) in [5, 5.41) is 1.25. The van der Waals surface area contributed by atoms with Gasteiger partial charge in [0.05, 0.1) is 7.11 Å². The van der Waals surface area contributed by atoms with E-state index < -0.39 is 0 Å². The number of ether oxygens (including phenoxy) is 1. The van der Waals surface area contributed by atoms with E-state index in [2.05, 4.69) is 45.9 Å². The molecule has 1 aromatic heterocycles. The van der Waals surface area contributed by atoms with Crippen molar-refractivity contribution >= 4 is 21.4 Å². The molecular weight excluding hydrogens is 216 g/mol. The number of methoxy groups -OCH3 is 1. The monoisotopic (exact) mass is 234 g/mol. The Balaban J connectivity index is 2.79. The molecule has 1 heterocycles. The summed E-state index contributed by atoms with van der Waals surface area (Å²) in [5.41, 5.74) is 1.59. The van der Waals surface area contributed by atoms with Crippen molar-refractivity contribution in [2.45, 2.75) is 33.1 Å². The molecule has 0 aliphatic heterocycles. The first-order valence-electron chi connectivity index (χ1n) is 5.51. The number of thiophene rings is 1. The molecule has 0 saturated carbocycles. The lowest BCUT2D eigenvalue weighted by Crippen LogP contribution is -2.11. The molecule has 1 aromatic carbocycles. The van der Waals surface area contributed by atoms with Crippen molar-refractivity contribution in [3.63, 3.8) is 0 Å². The van der Waals surface area contributed by atoms with Crippen LogP contribution in [0.1, 0.15) is 31.2 Å². The second-order valence-corrected chi connectivity index (χ2v) is 6.42. The van der Waals surface area contributed by atoms with Crippen LogP contribution >= 0.6 is 11.3 Å². The molecule has 0 atom stereocenters. The summed E-state index contributed by atoms with van der Waals surface area (Å²) in [6.07, 6.45) is 0. The lowest BCUT2D eigenvalue weighted by molar-refractivity contribution is 0.419. The second-order valence-electron chi connectivity index (χ2n) is 5.17. The maximum Gasteiger partial charge on any atom is 0.127 e. The third kappa shape index (κ3) is 1.82. The molecule has 0 aliphatic carbocycles. The van der Waals surface area contributed by atoms with E-state index >= 15 is 0 Å². The molecule has 2 rings (SSSR count). The highest BCUT2D eigenvalue weighted by Gasteiger charge is 2.19. The Morgan fingerprint density at radius 1 is 1.19 bits per heavy atom. The minimum Gasteiger partial charge on any atom is -0.496 e. The van der Waals surface area contributed by atoms with Gasteiger partial charge in [0.15, 0.2) is 0 Å². The molecule has 86 valence electrons. The van der Waals surface area contributed by atoms with Crippen molar-refractivity contribution in [2.75, 3.05) is 7.11 Å². The maximum absolute atomic E-state index is 5.42. The van der Waals surface area contributed by atoms with Gasteiger partial charge in [0, 0.05) is 15.0 Å². The number of rotatable bonds is 1. The molecule has 0 saturated heterocycles. The predicted molar refractivity (Wildman–Crippen MR) is 71.8 cm³/mol. The Morgan fingerprint density at radius 2 is 1.88 bits per heavy atom. The Hall–Kier alpha value is -1.02. The first kappa shape index (κ1) is 11.5. The minimum absolute atomic E-state index is 0.182. The van der Waals surface area contributed by atoms with Crippen LogP contribution in [0, 0.1) is 6.92 Å². The van der Waals surface area contributed by atoms with Crippen LogP contribution in [0.25, 0.3) is 10.1 Å². The zero-order valence-corrected chi connectivity index (χ0v) is 11.4. The Kier molecular flexibility index (Phi) is 2.70. The summed E-state index contributed by atoms with van der Waals surface area (Å²) in [6, 6.07) is 6.49. The van der Waals surface area contributed by atoms with Gasteiger partial charge >= 0.3 is 0 Å². The Morgan fingerprint density at radius 3 is 2.44 bits per heavy atom. The van der Waals surface area contributed by atoms with E-state index in [1.807, 2.05) is 11.3 Å². The first-order chi connectivity index (χ1) is 7.43. The molecule has 0 aliphatic rings. The summed E-state index contributed by atoms with van der Waals surface area (Å²) >= 11 is 1.86. The fourth-order valence-electron chi connectivity index (χ4n) is 1.99. The van der Waals surface area contributed by atoms with Crippen LogP contribution < -0.4 is 4.74 Å². The third-order valence-corrected chi connectivity index (χ3v) is 3.88. The van der Waals surface area contributed by atoms with Gasteiger partial charge in [-0.15, -0.1) is 11.3 Å². The number of hydrogen-bond acceptors (Lipinski definition) is 2. The second kappa shape index (κ2) is 3.77. The van der Waals surface area contributed by atoms with E-state index in [1.54, 1.807) is 7.11 Å². The van der Waals surface area contributed by atoms with E-state index in [1.165, 1.54) is 20.5 Å². The van der Waals surface area contributed by atoms with Gasteiger partial charge in [0.2, 0.25) is 0 Å². The SMILES string of the molecule is COc1ccc(C(C)(C)C)c2sc(C)cc12. The summed E-state index contributed by atoms with van der Waals surface area (Å²) in [6.45, 7) is 8.91. The molecule has 1 nitrogen and oxygen atoms in total. The highest BCUT2D eigenvalue weighted by molar-refractivity contribution is 7.19. The Bertz CT molecular complexity index is 517. The highest BCUT2D eigenvalue weighted by atomic mass is 32.1. The molecule has 0 unspecified atom stereocenters. The standard InChI is InChI=1S/C14H18OS/c1-9-8-10-12(15-5)7-6-11(13(10)16-9)14(2,3)4/h6-8H,1-5H3. The van der Waals surface area contributed by atoms with Crippen LogP contribution in [-0.2, 0) is 5.41 Å². The van der Waals surface area contributed by atoms with Crippen molar-refractivity contribution in [3.05, 3.63) is 28.6 Å². The van der Waals surface area contributed by atoms with Crippen molar-refractivity contribution in [1.29, 1.82) is 0 Å². The first-order valence-corrected chi connectivity index (χ1v) is 6.33. The van der Waals surface area contributed by atoms with Gasteiger partial charge in [-0.25, -0.2) is 0 Å². The molecule has 0 amide bonds. The lowest BCUT2D eigenvalue weighted by Gasteiger charge is -2.20. The fourth-order valence-corrected chi connectivity index (χ4v) is 3.24. The maximum atomic E-state index is 5.42. The molecule has 0 spiro atoms. The third-order valence-electron chi connectivity index (χ3n) is 2.79. The molecule has 0 radical (unpaired) electrons. The van der Waals surface area contributed by atoms with E-state index in [9.17, 15) is 0 Å². The number of hydrogen-bond donors (Lipinski definition) is 0. The number of benzene rings is 1. The van der Waals surface area contributed by atoms with Gasteiger partial charge in [0.25, 0.3) is 0 Å². The summed E-state index contributed by atoms with van der Waals surface area (Å²) < 4.78 is 6.78. The highest BCUT2D eigenvalue weighted by Crippen LogP contribution is 2.39. The van der Waals surface area contributed by atoms with Crippen molar-refractivity contribution in [1.82, 2.24) is 0 Å². The predicted octanol–water partition coefficient (Wildman–Crippen LogP) is 4.52. The topological polar surface area (TPSA) is 9.23 Å². The number of aryl methyl sites for hydroxylation is 1. The molecule has 0 bridgehead atoms.